The molecule has 144 valence electrons. The molecule has 0 atom stereocenters. The predicted octanol–water partition coefficient (Wildman–Crippen LogP) is 0.532. The smallest absolute Gasteiger partial charge is 0.423 e. The maximum atomic E-state index is 12.4. The minimum Gasteiger partial charge on any atom is -0.423 e. The van der Waals surface area contributed by atoms with Crippen LogP contribution in [0.1, 0.15) is 44.2 Å². The lowest BCUT2D eigenvalue weighted by Gasteiger charge is -2.13. The molecule has 0 aliphatic heterocycles. The van der Waals surface area contributed by atoms with E-state index in [0.717, 1.165) is 18.4 Å². The minimum atomic E-state index is -4.08. The van der Waals surface area contributed by atoms with E-state index in [1.165, 1.54) is 23.1 Å². The minimum absolute atomic E-state index is 0.0171. The highest BCUT2D eigenvalue weighted by molar-refractivity contribution is 7.90. The third-order valence-electron chi connectivity index (χ3n) is 4.29. The number of hydrogen-bond donors (Lipinski definition) is 4. The van der Waals surface area contributed by atoms with Gasteiger partial charge in [0.2, 0.25) is 0 Å². The maximum Gasteiger partial charge on any atom is 0.488 e. The lowest BCUT2D eigenvalue weighted by atomic mass is 9.79. The van der Waals surface area contributed by atoms with Gasteiger partial charge in [-0.3, -0.25) is 4.68 Å². The second kappa shape index (κ2) is 7.33. The molecule has 0 spiro atoms. The Labute approximate surface area is 157 Å². The predicted molar refractivity (Wildman–Crippen MR) is 100 cm³/mol. The number of aromatic nitrogens is 2. The third kappa shape index (κ3) is 4.49. The van der Waals surface area contributed by atoms with Crippen LogP contribution in [0.4, 0.5) is 10.5 Å². The van der Waals surface area contributed by atoms with Crippen LogP contribution in [0.5, 0.6) is 0 Å². The van der Waals surface area contributed by atoms with Gasteiger partial charge in [0.1, 0.15) is 4.90 Å². The van der Waals surface area contributed by atoms with E-state index < -0.39 is 23.2 Å². The third-order valence-corrected chi connectivity index (χ3v) is 5.57. The van der Waals surface area contributed by atoms with E-state index in [1.807, 2.05) is 18.6 Å². The van der Waals surface area contributed by atoms with Crippen molar-refractivity contribution < 1.29 is 23.3 Å². The van der Waals surface area contributed by atoms with Gasteiger partial charge in [0.25, 0.3) is 10.0 Å². The van der Waals surface area contributed by atoms with Gasteiger partial charge in [0.15, 0.2) is 0 Å². The van der Waals surface area contributed by atoms with Crippen LogP contribution >= 0.6 is 0 Å². The van der Waals surface area contributed by atoms with Crippen molar-refractivity contribution in [3.8, 4) is 0 Å². The fourth-order valence-corrected chi connectivity index (χ4v) is 3.51. The maximum absolute atomic E-state index is 12.4. The monoisotopic (exact) mass is 392 g/mol. The molecular weight excluding hydrogens is 371 g/mol. The number of carbonyl (C=O) groups excluding carboxylic acids is 1. The zero-order chi connectivity index (χ0) is 19.8. The molecule has 1 heterocycles. The van der Waals surface area contributed by atoms with Crippen molar-refractivity contribution >= 4 is 34.3 Å². The van der Waals surface area contributed by atoms with Gasteiger partial charge in [-0.2, -0.15) is 5.10 Å². The lowest BCUT2D eigenvalue weighted by molar-refractivity contribution is 0.256. The Kier molecular flexibility index (Phi) is 5.27. The largest absolute Gasteiger partial charge is 0.488 e. The number of nitrogens with zero attached hydrogens (tertiary/aromatic N) is 2. The van der Waals surface area contributed by atoms with Crippen LogP contribution in [-0.4, -0.2) is 41.4 Å². The average molecular weight is 392 g/mol. The molecule has 1 aliphatic carbocycles. The molecule has 0 unspecified atom stereocenters. The van der Waals surface area contributed by atoms with E-state index >= 15 is 0 Å². The van der Waals surface area contributed by atoms with Crippen molar-refractivity contribution in [2.45, 2.75) is 43.5 Å². The molecule has 1 aromatic carbocycles. The van der Waals surface area contributed by atoms with E-state index in [2.05, 4.69) is 10.4 Å². The molecular formula is C16H21BN4O5S. The normalized spacial score (nSPS) is 14.3. The highest BCUT2D eigenvalue weighted by Crippen LogP contribution is 2.43. The van der Waals surface area contributed by atoms with Crippen LogP contribution in [-0.2, 0) is 10.0 Å². The van der Waals surface area contributed by atoms with Gasteiger partial charge < -0.3 is 15.4 Å². The summed E-state index contributed by atoms with van der Waals surface area (Å²) in [5, 5.41) is 25.1. The molecule has 0 saturated heterocycles. The molecule has 2 aromatic rings. The molecule has 1 aromatic heterocycles. The van der Waals surface area contributed by atoms with E-state index in [9.17, 15) is 23.3 Å². The number of rotatable bonds is 6. The summed E-state index contributed by atoms with van der Waals surface area (Å²) in [4.78, 5) is 12.1. The number of sulfonamides is 1. The van der Waals surface area contributed by atoms with Gasteiger partial charge in [-0.15, -0.1) is 0 Å². The quantitative estimate of drug-likeness (QED) is 0.530. The molecule has 2 amide bonds. The number of nitrogens with one attached hydrogen (secondary N) is 2. The first-order valence-corrected chi connectivity index (χ1v) is 10.0. The molecule has 1 saturated carbocycles. The van der Waals surface area contributed by atoms with Crippen LogP contribution in [0.15, 0.2) is 35.5 Å². The zero-order valence-electron chi connectivity index (χ0n) is 15.0. The van der Waals surface area contributed by atoms with Crippen LogP contribution in [0, 0.1) is 0 Å². The van der Waals surface area contributed by atoms with Crippen LogP contribution in [0.25, 0.3) is 0 Å². The van der Waals surface area contributed by atoms with Gasteiger partial charge in [0, 0.05) is 17.9 Å². The summed E-state index contributed by atoms with van der Waals surface area (Å²) in [6.45, 7) is 3.71. The number of amides is 2. The van der Waals surface area contributed by atoms with Crippen molar-refractivity contribution in [3.05, 3.63) is 36.2 Å². The zero-order valence-corrected chi connectivity index (χ0v) is 15.8. The number of urea groups is 1. The molecule has 11 heteroatoms. The van der Waals surface area contributed by atoms with Crippen molar-refractivity contribution in [1.82, 2.24) is 14.5 Å². The first-order valence-electron chi connectivity index (χ1n) is 8.55. The fourth-order valence-electron chi connectivity index (χ4n) is 2.66. The highest BCUT2D eigenvalue weighted by atomic mass is 32.2. The van der Waals surface area contributed by atoms with Gasteiger partial charge in [-0.05, 0) is 49.7 Å². The molecule has 0 bridgehead atoms. The summed E-state index contributed by atoms with van der Waals surface area (Å²) in [5.41, 5.74) is 1.39. The lowest BCUT2D eigenvalue weighted by Crippen LogP contribution is -2.35. The highest BCUT2D eigenvalue weighted by Gasteiger charge is 2.28. The van der Waals surface area contributed by atoms with E-state index in [0.29, 0.717) is 5.69 Å². The number of anilines is 1. The SMILES string of the molecule is CC(C)n1cc(S(=O)(=O)NC(=O)Nc2cc(B(O)O)ccc2C2CC2)cn1. The van der Waals surface area contributed by atoms with Gasteiger partial charge >= 0.3 is 13.1 Å². The van der Waals surface area contributed by atoms with E-state index in [-0.39, 0.29) is 22.3 Å². The molecule has 0 radical (unpaired) electrons. The summed E-state index contributed by atoms with van der Waals surface area (Å²) in [6.07, 6.45) is 4.45. The average Bonchev–Trinajstić information content (AvgIpc) is 3.28. The summed E-state index contributed by atoms with van der Waals surface area (Å²) in [7, 11) is -5.77. The molecule has 4 N–H and O–H groups in total. The van der Waals surface area contributed by atoms with Gasteiger partial charge in [0.05, 0.1) is 6.20 Å². The molecule has 1 aliphatic rings. The van der Waals surface area contributed by atoms with Gasteiger partial charge in [-0.25, -0.2) is 17.9 Å². The van der Waals surface area contributed by atoms with Crippen LogP contribution in [0.3, 0.4) is 0 Å². The Hall–Kier alpha value is -2.37. The summed E-state index contributed by atoms with van der Waals surface area (Å²) in [6, 6.07) is 3.76. The first-order chi connectivity index (χ1) is 12.7. The van der Waals surface area contributed by atoms with Crippen LogP contribution < -0.4 is 15.5 Å². The van der Waals surface area contributed by atoms with Gasteiger partial charge in [-0.1, -0.05) is 12.1 Å². The number of hydrogen-bond acceptors (Lipinski definition) is 6. The Bertz CT molecular complexity index is 953. The Morgan fingerprint density at radius 2 is 2.04 bits per heavy atom. The second-order valence-corrected chi connectivity index (χ2v) is 8.49. The van der Waals surface area contributed by atoms with E-state index in [4.69, 9.17) is 0 Å². The van der Waals surface area contributed by atoms with Crippen molar-refractivity contribution in [2.24, 2.45) is 0 Å². The van der Waals surface area contributed by atoms with Crippen molar-refractivity contribution in [2.75, 3.05) is 5.32 Å². The molecule has 27 heavy (non-hydrogen) atoms. The Morgan fingerprint density at radius 3 is 2.59 bits per heavy atom. The van der Waals surface area contributed by atoms with Crippen LogP contribution in [0.2, 0.25) is 0 Å². The van der Waals surface area contributed by atoms with Crippen molar-refractivity contribution in [3.63, 3.8) is 0 Å². The topological polar surface area (TPSA) is 134 Å². The number of carbonyl (C=O) groups is 1. The fraction of sp³-hybridized carbons (Fsp3) is 0.375. The molecule has 3 rings (SSSR count). The van der Waals surface area contributed by atoms with Crippen molar-refractivity contribution in [1.29, 1.82) is 0 Å². The molecule has 9 nitrogen and oxygen atoms in total. The summed E-state index contributed by atoms with van der Waals surface area (Å²) >= 11 is 0. The summed E-state index contributed by atoms with van der Waals surface area (Å²) < 4.78 is 28.2. The molecule has 1 fully saturated rings. The number of benzene rings is 1. The van der Waals surface area contributed by atoms with E-state index in [1.54, 1.807) is 12.1 Å². The first kappa shape index (κ1) is 19.4. The second-order valence-electron chi connectivity index (χ2n) is 6.80. The summed E-state index contributed by atoms with van der Waals surface area (Å²) in [5.74, 6) is 0.270. The Morgan fingerprint density at radius 1 is 1.33 bits per heavy atom. The Balaban J connectivity index is 1.77. The standard InChI is InChI=1S/C16H21BN4O5S/c1-10(2)21-9-13(8-18-21)27(25,26)20-16(22)19-15-7-12(17(23)24)5-6-14(15)11-3-4-11/h5-11,23-24H,3-4H2,1-2H3,(H2,19,20,22).